The molecule has 0 aromatic carbocycles. The summed E-state index contributed by atoms with van der Waals surface area (Å²) in [7, 11) is 0. The van der Waals surface area contributed by atoms with E-state index in [1.165, 1.54) is 0 Å². The molecule has 0 aromatic heterocycles. The van der Waals surface area contributed by atoms with Crippen LogP contribution in [0, 0.1) is 6.92 Å². The Morgan fingerprint density at radius 2 is 1.40 bits per heavy atom. The maximum absolute atomic E-state index is 12.7. The Kier molecular flexibility index (Phi) is 13.9. The number of hydrogen-bond donors (Lipinski definition) is 0. The average Bonchev–Trinajstić information content (AvgIpc) is 2.14. The molecule has 120 valence electrons. The summed E-state index contributed by atoms with van der Waals surface area (Å²) in [6.07, 6.45) is -4.34. The van der Waals surface area contributed by atoms with Gasteiger partial charge in [0.25, 0.3) is 0 Å². The Hall–Kier alpha value is 0.333. The first kappa shape index (κ1) is 25.3. The summed E-state index contributed by atoms with van der Waals surface area (Å²) in [4.78, 5) is 0. The standard InChI is InChI=1S/C12H23F3N2.C2H5.Zn/c1-8(2)16-10(12(13,14)15)7-9(3)17-11(4,5)6;1-2;/h8-10H,7H2,1-6H3;1H2,2H3;/q-2;-1;. The summed E-state index contributed by atoms with van der Waals surface area (Å²) in [5.41, 5.74) is -0.312. The Labute approximate surface area is 135 Å². The number of alkyl halides is 3. The van der Waals surface area contributed by atoms with E-state index < -0.39 is 12.2 Å². The molecule has 0 N–H and O–H groups in total. The fourth-order valence-electron chi connectivity index (χ4n) is 1.68. The fourth-order valence-corrected chi connectivity index (χ4v) is 1.68. The van der Waals surface area contributed by atoms with E-state index in [9.17, 15) is 13.2 Å². The molecular weight excluding hydrogens is 319 g/mol. The van der Waals surface area contributed by atoms with Gasteiger partial charge in [0.1, 0.15) is 0 Å². The van der Waals surface area contributed by atoms with Crippen LogP contribution in [0.4, 0.5) is 13.2 Å². The van der Waals surface area contributed by atoms with Crippen LogP contribution in [0.1, 0.15) is 54.9 Å². The van der Waals surface area contributed by atoms with Crippen LogP contribution in [0.15, 0.2) is 0 Å². The second-order valence-corrected chi connectivity index (χ2v) is 5.68. The molecule has 0 heterocycles. The van der Waals surface area contributed by atoms with Gasteiger partial charge in [0.05, 0.1) is 0 Å². The van der Waals surface area contributed by atoms with Crippen molar-refractivity contribution in [3.8, 4) is 0 Å². The molecule has 0 saturated carbocycles. The Bertz CT molecular complexity index is 225. The summed E-state index contributed by atoms with van der Waals surface area (Å²) in [6.45, 7) is 15.7. The third kappa shape index (κ3) is 14.7. The zero-order valence-electron chi connectivity index (χ0n) is 13.9. The van der Waals surface area contributed by atoms with Gasteiger partial charge in [0.15, 0.2) is 0 Å². The van der Waals surface area contributed by atoms with Crippen molar-refractivity contribution < 1.29 is 32.6 Å². The predicted octanol–water partition coefficient (Wildman–Crippen LogP) is 5.49. The Morgan fingerprint density at radius 3 is 1.65 bits per heavy atom. The van der Waals surface area contributed by atoms with Gasteiger partial charge < -0.3 is 17.6 Å². The largest absolute Gasteiger partial charge is 0.655 e. The monoisotopic (exact) mass is 345 g/mol. The van der Waals surface area contributed by atoms with Crippen molar-refractivity contribution in [2.75, 3.05) is 0 Å². The molecule has 0 aromatic rings. The van der Waals surface area contributed by atoms with E-state index in [0.29, 0.717) is 0 Å². The smallest absolute Gasteiger partial charge is 0.373 e. The second-order valence-electron chi connectivity index (χ2n) is 5.68. The molecule has 20 heavy (non-hydrogen) atoms. The molecule has 0 rings (SSSR count). The van der Waals surface area contributed by atoms with Crippen LogP contribution < -0.4 is 0 Å². The van der Waals surface area contributed by atoms with Crippen LogP contribution in [0.3, 0.4) is 0 Å². The molecule has 2 unspecified atom stereocenters. The molecule has 6 heteroatoms. The van der Waals surface area contributed by atoms with Crippen molar-refractivity contribution in [1.29, 1.82) is 0 Å². The van der Waals surface area contributed by atoms with E-state index in [4.69, 9.17) is 0 Å². The van der Waals surface area contributed by atoms with Crippen molar-refractivity contribution in [3.05, 3.63) is 17.6 Å². The van der Waals surface area contributed by atoms with Crippen molar-refractivity contribution in [2.24, 2.45) is 0 Å². The third-order valence-corrected chi connectivity index (χ3v) is 2.03. The normalized spacial score (nSPS) is 15.0. The van der Waals surface area contributed by atoms with Crippen molar-refractivity contribution in [2.45, 2.75) is 84.7 Å². The van der Waals surface area contributed by atoms with Crippen LogP contribution in [0.25, 0.3) is 10.6 Å². The van der Waals surface area contributed by atoms with Gasteiger partial charge in [-0.25, -0.2) is 0 Å². The van der Waals surface area contributed by atoms with E-state index in [-0.39, 0.29) is 43.5 Å². The van der Waals surface area contributed by atoms with E-state index in [1.807, 2.05) is 20.8 Å². The van der Waals surface area contributed by atoms with Crippen molar-refractivity contribution in [1.82, 2.24) is 0 Å². The van der Waals surface area contributed by atoms with Gasteiger partial charge in [-0.15, -0.1) is 17.6 Å². The minimum atomic E-state index is -4.27. The zero-order valence-corrected chi connectivity index (χ0v) is 16.8. The van der Waals surface area contributed by atoms with Gasteiger partial charge in [-0.3, -0.25) is 0 Å². The Balaban J connectivity index is -0.000000916. The zero-order chi connectivity index (χ0) is 15.9. The van der Waals surface area contributed by atoms with Gasteiger partial charge in [0, 0.05) is 19.5 Å². The van der Waals surface area contributed by atoms with E-state index in [0.717, 1.165) is 0 Å². The van der Waals surface area contributed by atoms with Crippen molar-refractivity contribution >= 4 is 0 Å². The van der Waals surface area contributed by atoms with Gasteiger partial charge in [-0.1, -0.05) is 48.0 Å². The number of halogens is 3. The summed E-state index contributed by atoms with van der Waals surface area (Å²) in [5.74, 6) is 0. The molecular formula is C14H28F3N2Zn-3. The third-order valence-electron chi connectivity index (χ3n) is 2.03. The molecule has 0 radical (unpaired) electrons. The molecule has 2 nitrogen and oxygen atoms in total. The first-order valence-corrected chi connectivity index (χ1v) is 6.61. The Morgan fingerprint density at radius 1 is 1.00 bits per heavy atom. The molecule has 0 saturated heterocycles. The molecule has 0 aliphatic rings. The number of rotatable bonds is 5. The van der Waals surface area contributed by atoms with Crippen LogP contribution in [0.2, 0.25) is 0 Å². The van der Waals surface area contributed by atoms with E-state index >= 15 is 0 Å². The van der Waals surface area contributed by atoms with Gasteiger partial charge in [0.2, 0.25) is 0 Å². The van der Waals surface area contributed by atoms with Crippen LogP contribution >= 0.6 is 0 Å². The van der Waals surface area contributed by atoms with E-state index in [1.54, 1.807) is 27.7 Å². The van der Waals surface area contributed by atoms with Gasteiger partial charge in [-0.05, 0) is 6.04 Å². The van der Waals surface area contributed by atoms with E-state index in [2.05, 4.69) is 17.6 Å². The predicted molar refractivity (Wildman–Crippen MR) is 76.6 cm³/mol. The first-order valence-electron chi connectivity index (χ1n) is 6.61. The van der Waals surface area contributed by atoms with Gasteiger partial charge >= 0.3 is 6.18 Å². The van der Waals surface area contributed by atoms with Crippen LogP contribution in [-0.2, 0) is 19.5 Å². The maximum Gasteiger partial charge on any atom is 0.373 e. The van der Waals surface area contributed by atoms with Crippen LogP contribution in [0.5, 0.6) is 0 Å². The second kappa shape index (κ2) is 11.0. The number of hydrogen-bond acceptors (Lipinski definition) is 0. The van der Waals surface area contributed by atoms with Crippen LogP contribution in [-0.4, -0.2) is 29.8 Å². The molecule has 0 fully saturated rings. The minimum Gasteiger partial charge on any atom is -0.655 e. The molecule has 0 bridgehead atoms. The first-order chi connectivity index (χ1) is 8.42. The maximum atomic E-state index is 12.7. The summed E-state index contributed by atoms with van der Waals surface area (Å²) < 4.78 is 38.2. The molecule has 0 amide bonds. The summed E-state index contributed by atoms with van der Waals surface area (Å²) in [6, 6.07) is -2.27. The molecule has 2 atom stereocenters. The quantitative estimate of drug-likeness (QED) is 0.465. The minimum absolute atomic E-state index is 0. The molecule has 0 aliphatic heterocycles. The molecule has 0 spiro atoms. The summed E-state index contributed by atoms with van der Waals surface area (Å²) >= 11 is 0. The SMILES string of the molecule is CC(C)[N-]C(CC(C)[N-]C(C)(C)C)C(F)(F)F.[CH2-]C.[Zn]. The topological polar surface area (TPSA) is 28.2 Å². The number of nitrogens with zero attached hydrogens (tertiary/aromatic N) is 2. The van der Waals surface area contributed by atoms with Crippen molar-refractivity contribution in [3.63, 3.8) is 0 Å². The molecule has 0 aliphatic carbocycles. The van der Waals surface area contributed by atoms with Gasteiger partial charge in [-0.2, -0.15) is 20.1 Å². The average molecular weight is 347 g/mol. The fraction of sp³-hybridized carbons (Fsp3) is 0.929. The summed E-state index contributed by atoms with van der Waals surface area (Å²) in [5, 5.41) is 8.04.